The Hall–Kier alpha value is -1.23. The van der Waals surface area contributed by atoms with Crippen LogP contribution in [0.25, 0.3) is 6.08 Å². The average molecular weight is 323 g/mol. The molecule has 0 amide bonds. The van der Waals surface area contributed by atoms with Gasteiger partial charge < -0.3 is 4.74 Å². The average Bonchev–Trinajstić information content (AvgIpc) is 2.90. The van der Waals surface area contributed by atoms with E-state index in [1.165, 1.54) is 0 Å². The van der Waals surface area contributed by atoms with Crippen molar-refractivity contribution in [2.45, 2.75) is 4.90 Å². The lowest BCUT2D eigenvalue weighted by molar-refractivity contribution is 0.103. The second-order valence-corrected chi connectivity index (χ2v) is 6.68. The highest BCUT2D eigenvalue weighted by molar-refractivity contribution is 7.99. The monoisotopic (exact) mass is 322 g/mol. The first-order chi connectivity index (χ1) is 9.69. The molecule has 2 heterocycles. The van der Waals surface area contributed by atoms with E-state index >= 15 is 0 Å². The van der Waals surface area contributed by atoms with Crippen LogP contribution >= 0.6 is 34.7 Å². The maximum Gasteiger partial charge on any atom is 0.191 e. The third-order valence-electron chi connectivity index (χ3n) is 3.04. The highest BCUT2D eigenvalue weighted by Gasteiger charge is 2.23. The SMILES string of the molecule is COc1ccsc1/C=C1/CSc2ccc(Cl)cc2C1=O. The van der Waals surface area contributed by atoms with E-state index in [2.05, 4.69) is 0 Å². The smallest absolute Gasteiger partial charge is 0.191 e. The van der Waals surface area contributed by atoms with Crippen LogP contribution in [0.3, 0.4) is 0 Å². The van der Waals surface area contributed by atoms with Crippen molar-refractivity contribution in [2.75, 3.05) is 12.9 Å². The van der Waals surface area contributed by atoms with Gasteiger partial charge in [0.05, 0.1) is 12.0 Å². The van der Waals surface area contributed by atoms with Crippen LogP contribution < -0.4 is 4.74 Å². The number of fused-ring (bicyclic) bond motifs is 1. The van der Waals surface area contributed by atoms with Gasteiger partial charge in [-0.05, 0) is 35.7 Å². The second-order valence-electron chi connectivity index (χ2n) is 4.28. The molecule has 0 saturated carbocycles. The maximum absolute atomic E-state index is 12.5. The van der Waals surface area contributed by atoms with Gasteiger partial charge in [0.2, 0.25) is 0 Å². The number of ketones is 1. The van der Waals surface area contributed by atoms with Gasteiger partial charge in [-0.3, -0.25) is 4.79 Å². The van der Waals surface area contributed by atoms with Gasteiger partial charge in [0, 0.05) is 26.8 Å². The molecule has 0 spiro atoms. The van der Waals surface area contributed by atoms with Crippen LogP contribution in [0.1, 0.15) is 15.2 Å². The molecular formula is C15H11ClO2S2. The van der Waals surface area contributed by atoms with Crippen molar-refractivity contribution >= 4 is 46.6 Å². The molecule has 0 aliphatic carbocycles. The molecule has 0 fully saturated rings. The number of hydrogen-bond acceptors (Lipinski definition) is 4. The third kappa shape index (κ3) is 2.51. The third-order valence-corrected chi connectivity index (χ3v) is 5.25. The largest absolute Gasteiger partial charge is 0.495 e. The van der Waals surface area contributed by atoms with Gasteiger partial charge in [0.1, 0.15) is 5.75 Å². The first-order valence-corrected chi connectivity index (χ1v) is 8.22. The molecule has 2 aromatic rings. The number of carbonyl (C=O) groups is 1. The number of ether oxygens (including phenoxy) is 1. The zero-order valence-corrected chi connectivity index (χ0v) is 13.1. The Morgan fingerprint density at radius 3 is 3.00 bits per heavy atom. The normalized spacial score (nSPS) is 16.3. The molecular weight excluding hydrogens is 312 g/mol. The molecule has 1 aromatic carbocycles. The van der Waals surface area contributed by atoms with E-state index in [0.29, 0.717) is 16.3 Å². The minimum Gasteiger partial charge on any atom is -0.495 e. The summed E-state index contributed by atoms with van der Waals surface area (Å²) in [4.78, 5) is 14.5. The van der Waals surface area contributed by atoms with Gasteiger partial charge >= 0.3 is 0 Å². The van der Waals surface area contributed by atoms with Gasteiger partial charge in [-0.25, -0.2) is 0 Å². The number of thiophene rings is 1. The highest BCUT2D eigenvalue weighted by atomic mass is 35.5. The van der Waals surface area contributed by atoms with E-state index in [1.54, 1.807) is 36.3 Å². The molecule has 0 radical (unpaired) electrons. The molecule has 0 unspecified atom stereocenters. The topological polar surface area (TPSA) is 26.3 Å². The first-order valence-electron chi connectivity index (χ1n) is 5.98. The molecule has 3 rings (SSSR count). The van der Waals surface area contributed by atoms with Crippen molar-refractivity contribution in [3.63, 3.8) is 0 Å². The maximum atomic E-state index is 12.5. The summed E-state index contributed by atoms with van der Waals surface area (Å²) < 4.78 is 5.28. The van der Waals surface area contributed by atoms with Crippen LogP contribution in [-0.2, 0) is 0 Å². The zero-order valence-electron chi connectivity index (χ0n) is 10.7. The van der Waals surface area contributed by atoms with E-state index in [9.17, 15) is 4.79 Å². The Kier molecular flexibility index (Phi) is 3.87. The molecule has 5 heteroatoms. The van der Waals surface area contributed by atoms with Crippen LogP contribution in [0, 0.1) is 0 Å². The van der Waals surface area contributed by atoms with E-state index in [0.717, 1.165) is 21.1 Å². The van der Waals surface area contributed by atoms with Gasteiger partial charge in [-0.2, -0.15) is 0 Å². The van der Waals surface area contributed by atoms with Crippen molar-refractivity contribution in [1.82, 2.24) is 0 Å². The summed E-state index contributed by atoms with van der Waals surface area (Å²) in [6.07, 6.45) is 1.92. The zero-order chi connectivity index (χ0) is 14.1. The van der Waals surface area contributed by atoms with E-state index in [-0.39, 0.29) is 5.78 Å². The molecule has 1 aromatic heterocycles. The summed E-state index contributed by atoms with van der Waals surface area (Å²) >= 11 is 9.21. The van der Waals surface area contributed by atoms with Crippen LogP contribution in [0.15, 0.2) is 40.1 Å². The van der Waals surface area contributed by atoms with E-state index in [4.69, 9.17) is 16.3 Å². The van der Waals surface area contributed by atoms with Crippen molar-refractivity contribution in [3.05, 3.63) is 50.7 Å². The number of Topliss-reactive ketones (excluding diaryl/α,β-unsaturated/α-hetero) is 1. The number of hydrogen-bond donors (Lipinski definition) is 0. The van der Waals surface area contributed by atoms with Gasteiger partial charge in [-0.15, -0.1) is 23.1 Å². The number of rotatable bonds is 2. The summed E-state index contributed by atoms with van der Waals surface area (Å²) in [5.41, 5.74) is 1.47. The first kappa shape index (κ1) is 13.7. The standard InChI is InChI=1S/C15H11ClO2S2/c1-18-12-4-5-19-14(12)6-9-8-20-13-3-2-10(16)7-11(13)15(9)17/h2-7H,8H2,1H3/b9-6-. The van der Waals surface area contributed by atoms with Gasteiger partial charge in [-0.1, -0.05) is 11.6 Å². The summed E-state index contributed by atoms with van der Waals surface area (Å²) in [6, 6.07) is 7.37. The summed E-state index contributed by atoms with van der Waals surface area (Å²) in [7, 11) is 1.64. The van der Waals surface area contributed by atoms with Crippen molar-refractivity contribution in [1.29, 1.82) is 0 Å². The second kappa shape index (κ2) is 5.64. The van der Waals surface area contributed by atoms with Crippen molar-refractivity contribution in [2.24, 2.45) is 0 Å². The van der Waals surface area contributed by atoms with Crippen LogP contribution in [-0.4, -0.2) is 18.6 Å². The fourth-order valence-electron chi connectivity index (χ4n) is 2.05. The fourth-order valence-corrected chi connectivity index (χ4v) is 4.03. The fraction of sp³-hybridized carbons (Fsp3) is 0.133. The predicted octanol–water partition coefficient (Wildman–Crippen LogP) is 4.78. The molecule has 20 heavy (non-hydrogen) atoms. The Morgan fingerprint density at radius 1 is 1.35 bits per heavy atom. The molecule has 0 atom stereocenters. The van der Waals surface area contributed by atoms with Gasteiger partial charge in [0.15, 0.2) is 5.78 Å². The van der Waals surface area contributed by atoms with E-state index in [1.807, 2.05) is 29.7 Å². The predicted molar refractivity (Wildman–Crippen MR) is 85.4 cm³/mol. The van der Waals surface area contributed by atoms with Crippen LogP contribution in [0.5, 0.6) is 5.75 Å². The van der Waals surface area contributed by atoms with E-state index < -0.39 is 0 Å². The molecule has 1 aliphatic heterocycles. The molecule has 2 nitrogen and oxygen atoms in total. The minimum atomic E-state index is 0.0525. The Morgan fingerprint density at radius 2 is 2.20 bits per heavy atom. The van der Waals surface area contributed by atoms with Gasteiger partial charge in [0.25, 0.3) is 0 Å². The summed E-state index contributed by atoms with van der Waals surface area (Å²) in [5.74, 6) is 1.53. The number of methoxy groups -OCH3 is 1. The lowest BCUT2D eigenvalue weighted by Gasteiger charge is -2.17. The Bertz CT molecular complexity index is 704. The highest BCUT2D eigenvalue weighted by Crippen LogP contribution is 2.36. The summed E-state index contributed by atoms with van der Waals surface area (Å²) in [5, 5.41) is 2.55. The van der Waals surface area contributed by atoms with Crippen LogP contribution in [0.2, 0.25) is 5.02 Å². The summed E-state index contributed by atoms with van der Waals surface area (Å²) in [6.45, 7) is 0. The molecule has 1 aliphatic rings. The lowest BCUT2D eigenvalue weighted by atomic mass is 10.0. The number of halogens is 1. The molecule has 0 saturated heterocycles. The van der Waals surface area contributed by atoms with Crippen molar-refractivity contribution < 1.29 is 9.53 Å². The number of thioether (sulfide) groups is 1. The Balaban J connectivity index is 2.00. The Labute approximate surface area is 130 Å². The number of carbonyl (C=O) groups excluding carboxylic acids is 1. The lowest BCUT2D eigenvalue weighted by Crippen LogP contribution is -2.12. The van der Waals surface area contributed by atoms with Crippen molar-refractivity contribution in [3.8, 4) is 5.75 Å². The number of benzene rings is 1. The molecule has 0 N–H and O–H groups in total. The quantitative estimate of drug-likeness (QED) is 0.744. The molecule has 102 valence electrons. The van der Waals surface area contributed by atoms with Crippen LogP contribution in [0.4, 0.5) is 0 Å². The molecule has 0 bridgehead atoms. The minimum absolute atomic E-state index is 0.0525.